The predicted molar refractivity (Wildman–Crippen MR) is 91.4 cm³/mol. The lowest BCUT2D eigenvalue weighted by Gasteiger charge is -2.11. The fraction of sp³-hybridized carbons (Fsp3) is 0.211. The summed E-state index contributed by atoms with van der Waals surface area (Å²) in [5, 5.41) is 3.82. The van der Waals surface area contributed by atoms with E-state index in [1.807, 2.05) is 0 Å². The lowest BCUT2D eigenvalue weighted by Crippen LogP contribution is -2.06. The van der Waals surface area contributed by atoms with Gasteiger partial charge in [0.2, 0.25) is 0 Å². The lowest BCUT2D eigenvalue weighted by atomic mass is 10.0. The second-order valence-corrected chi connectivity index (χ2v) is 5.35. The van der Waals surface area contributed by atoms with Crippen molar-refractivity contribution in [3.63, 3.8) is 0 Å². The number of allylic oxidation sites excluding steroid dienone is 1. The number of hydrogen-bond acceptors (Lipinski definition) is 3. The second-order valence-electron chi connectivity index (χ2n) is 5.35. The molecule has 0 aliphatic heterocycles. The van der Waals surface area contributed by atoms with Gasteiger partial charge in [0.05, 0.1) is 11.3 Å². The Hall–Kier alpha value is -2.76. The number of alkyl halides is 3. The maximum Gasteiger partial charge on any atom is 0.416 e. The highest BCUT2D eigenvalue weighted by atomic mass is 19.4. The third kappa shape index (κ3) is 5.11. The zero-order valence-electron chi connectivity index (χ0n) is 13.9. The molecule has 0 atom stereocenters. The summed E-state index contributed by atoms with van der Waals surface area (Å²) in [5.74, 6) is 0.551. The molecular formula is C19H18F3NO2. The molecule has 0 amide bonds. The van der Waals surface area contributed by atoms with E-state index in [4.69, 9.17) is 9.57 Å². The van der Waals surface area contributed by atoms with Crippen LogP contribution in [0.1, 0.15) is 23.6 Å². The quantitative estimate of drug-likeness (QED) is 0.522. The van der Waals surface area contributed by atoms with E-state index in [-0.39, 0.29) is 6.61 Å². The van der Waals surface area contributed by atoms with Crippen LogP contribution in [-0.4, -0.2) is 12.8 Å². The Kier molecular flexibility index (Phi) is 5.85. The van der Waals surface area contributed by atoms with Crippen LogP contribution in [0.15, 0.2) is 60.3 Å². The van der Waals surface area contributed by atoms with Crippen LogP contribution < -0.4 is 4.74 Å². The van der Waals surface area contributed by atoms with Gasteiger partial charge in [-0.3, -0.25) is 0 Å². The summed E-state index contributed by atoms with van der Waals surface area (Å²) >= 11 is 0. The molecule has 0 bridgehead atoms. The van der Waals surface area contributed by atoms with Crippen molar-refractivity contribution >= 4 is 11.3 Å². The van der Waals surface area contributed by atoms with Crippen molar-refractivity contribution in [2.24, 2.45) is 5.16 Å². The van der Waals surface area contributed by atoms with Gasteiger partial charge >= 0.3 is 6.18 Å². The zero-order chi connectivity index (χ0) is 18.4. The van der Waals surface area contributed by atoms with E-state index < -0.39 is 11.7 Å². The molecule has 0 aliphatic carbocycles. The summed E-state index contributed by atoms with van der Waals surface area (Å²) in [6, 6.07) is 12.1. The van der Waals surface area contributed by atoms with Crippen LogP contribution >= 0.6 is 0 Å². The van der Waals surface area contributed by atoms with Gasteiger partial charge in [0, 0.05) is 0 Å². The van der Waals surface area contributed by atoms with Gasteiger partial charge in [-0.15, -0.1) is 0 Å². The number of oxime groups is 1. The minimum Gasteiger partial charge on any atom is -0.489 e. The Morgan fingerprint density at radius 3 is 2.40 bits per heavy atom. The monoisotopic (exact) mass is 349 g/mol. The van der Waals surface area contributed by atoms with Gasteiger partial charge in [-0.1, -0.05) is 36.0 Å². The first kappa shape index (κ1) is 18.6. The van der Waals surface area contributed by atoms with Crippen molar-refractivity contribution in [3.05, 3.63) is 71.8 Å². The molecule has 0 saturated carbocycles. The Balaban J connectivity index is 2.03. The van der Waals surface area contributed by atoms with Gasteiger partial charge in [-0.25, -0.2) is 0 Å². The van der Waals surface area contributed by atoms with Crippen molar-refractivity contribution in [2.75, 3.05) is 7.11 Å². The molecule has 2 aromatic carbocycles. The Bertz CT molecular complexity index is 765. The molecule has 0 N–H and O–H groups in total. The van der Waals surface area contributed by atoms with Crippen molar-refractivity contribution in [2.45, 2.75) is 19.7 Å². The van der Waals surface area contributed by atoms with E-state index in [0.717, 1.165) is 17.7 Å². The first-order valence-corrected chi connectivity index (χ1v) is 7.47. The number of halogens is 3. The molecule has 25 heavy (non-hydrogen) atoms. The topological polar surface area (TPSA) is 30.8 Å². The molecule has 0 unspecified atom stereocenters. The fourth-order valence-electron chi connectivity index (χ4n) is 2.16. The van der Waals surface area contributed by atoms with Crippen LogP contribution in [0.3, 0.4) is 0 Å². The van der Waals surface area contributed by atoms with E-state index in [1.165, 1.54) is 13.2 Å². The van der Waals surface area contributed by atoms with Gasteiger partial charge in [0.15, 0.2) is 0 Å². The minimum absolute atomic E-state index is 0.0500. The standard InChI is InChI=1S/C19H18F3NO2/c1-13(14(2)23-24-3)16-7-9-18(10-8-16)25-12-15-5-4-6-17(11-15)19(20,21)22/h4-11H,1,12H2,2-3H3/b23-14+. The smallest absolute Gasteiger partial charge is 0.416 e. The van der Waals surface area contributed by atoms with Crippen molar-refractivity contribution in [1.29, 1.82) is 0 Å². The molecule has 132 valence electrons. The fourth-order valence-corrected chi connectivity index (χ4v) is 2.16. The second kappa shape index (κ2) is 7.88. The number of benzene rings is 2. The summed E-state index contributed by atoms with van der Waals surface area (Å²) in [6.45, 7) is 5.77. The van der Waals surface area contributed by atoms with Gasteiger partial charge in [-0.2, -0.15) is 13.2 Å². The molecule has 0 fully saturated rings. The Morgan fingerprint density at radius 1 is 1.12 bits per heavy atom. The number of ether oxygens (including phenoxy) is 1. The van der Waals surface area contributed by atoms with Crippen LogP contribution in [-0.2, 0) is 17.6 Å². The average Bonchev–Trinajstić information content (AvgIpc) is 2.59. The van der Waals surface area contributed by atoms with E-state index in [1.54, 1.807) is 37.3 Å². The summed E-state index contributed by atoms with van der Waals surface area (Å²) < 4.78 is 43.7. The number of hydrogen-bond donors (Lipinski definition) is 0. The largest absolute Gasteiger partial charge is 0.489 e. The lowest BCUT2D eigenvalue weighted by molar-refractivity contribution is -0.137. The molecule has 0 heterocycles. The molecule has 0 spiro atoms. The predicted octanol–water partition coefficient (Wildman–Crippen LogP) is 5.32. The molecular weight excluding hydrogens is 331 g/mol. The summed E-state index contributed by atoms with van der Waals surface area (Å²) in [6.07, 6.45) is -4.36. The van der Waals surface area contributed by atoms with Crippen LogP contribution in [0.25, 0.3) is 5.57 Å². The first-order valence-electron chi connectivity index (χ1n) is 7.47. The Labute approximate surface area is 144 Å². The average molecular weight is 349 g/mol. The third-order valence-electron chi connectivity index (χ3n) is 3.53. The van der Waals surface area contributed by atoms with Crippen LogP contribution in [0, 0.1) is 0 Å². The summed E-state index contributed by atoms with van der Waals surface area (Å²) in [5.41, 5.74) is 1.98. The maximum absolute atomic E-state index is 12.7. The van der Waals surface area contributed by atoms with Crippen molar-refractivity contribution < 1.29 is 22.7 Å². The van der Waals surface area contributed by atoms with Crippen molar-refractivity contribution in [1.82, 2.24) is 0 Å². The van der Waals surface area contributed by atoms with Gasteiger partial charge in [0.1, 0.15) is 19.5 Å². The molecule has 3 nitrogen and oxygen atoms in total. The van der Waals surface area contributed by atoms with Crippen LogP contribution in [0.4, 0.5) is 13.2 Å². The molecule has 6 heteroatoms. The van der Waals surface area contributed by atoms with E-state index in [9.17, 15) is 13.2 Å². The van der Waals surface area contributed by atoms with Gasteiger partial charge in [0.25, 0.3) is 0 Å². The zero-order valence-corrected chi connectivity index (χ0v) is 13.9. The summed E-state index contributed by atoms with van der Waals surface area (Å²) in [7, 11) is 1.46. The minimum atomic E-state index is -4.36. The highest BCUT2D eigenvalue weighted by molar-refractivity contribution is 6.21. The summed E-state index contributed by atoms with van der Waals surface area (Å²) in [4.78, 5) is 4.71. The number of nitrogens with zero attached hydrogens (tertiary/aromatic N) is 1. The third-order valence-corrected chi connectivity index (χ3v) is 3.53. The van der Waals surface area contributed by atoms with E-state index in [2.05, 4.69) is 11.7 Å². The van der Waals surface area contributed by atoms with Crippen molar-refractivity contribution in [3.8, 4) is 5.75 Å². The number of rotatable bonds is 6. The maximum atomic E-state index is 12.7. The SMILES string of the molecule is C=C(/C(C)=N/OC)c1ccc(OCc2cccc(C(F)(F)F)c2)cc1. The highest BCUT2D eigenvalue weighted by Gasteiger charge is 2.30. The molecule has 2 rings (SSSR count). The van der Waals surface area contributed by atoms with Crippen LogP contribution in [0.5, 0.6) is 5.75 Å². The van der Waals surface area contributed by atoms with Gasteiger partial charge < -0.3 is 9.57 Å². The van der Waals surface area contributed by atoms with Gasteiger partial charge in [-0.05, 0) is 47.9 Å². The molecule has 2 aromatic rings. The molecule has 0 aliphatic rings. The highest BCUT2D eigenvalue weighted by Crippen LogP contribution is 2.29. The van der Waals surface area contributed by atoms with Crippen LogP contribution in [0.2, 0.25) is 0 Å². The molecule has 0 saturated heterocycles. The van der Waals surface area contributed by atoms with E-state index >= 15 is 0 Å². The molecule has 0 radical (unpaired) electrons. The van der Waals surface area contributed by atoms with E-state index in [0.29, 0.717) is 22.6 Å². The first-order chi connectivity index (χ1) is 11.8. The normalized spacial score (nSPS) is 12.0. The molecule has 0 aromatic heterocycles. The Morgan fingerprint density at radius 2 is 1.80 bits per heavy atom.